The minimum atomic E-state index is -0.747. The second kappa shape index (κ2) is 15.3. The molecule has 2 aromatic rings. The summed E-state index contributed by atoms with van der Waals surface area (Å²) >= 11 is 0. The normalized spacial score (nSPS) is 17.8. The number of amides is 1. The van der Waals surface area contributed by atoms with E-state index in [1.54, 1.807) is 24.0 Å². The van der Waals surface area contributed by atoms with Crippen molar-refractivity contribution in [1.82, 2.24) is 15.1 Å². The Morgan fingerprint density at radius 1 is 1.13 bits per heavy atom. The van der Waals surface area contributed by atoms with E-state index in [1.165, 1.54) is 19.2 Å². The lowest BCUT2D eigenvalue weighted by Crippen LogP contribution is -2.48. The average molecular weight is 630 g/mol. The highest BCUT2D eigenvalue weighted by molar-refractivity contribution is 5.93. The summed E-state index contributed by atoms with van der Waals surface area (Å²) in [6.45, 7) is 5.83. The van der Waals surface area contributed by atoms with Crippen molar-refractivity contribution >= 4 is 24.0 Å². The molecule has 2 heterocycles. The maximum Gasteiger partial charge on any atom is 0.336 e. The molecule has 12 nitrogen and oxygen atoms in total. The Bertz CT molecular complexity index is 1540. The molecule has 0 saturated carbocycles. The molecule has 1 fully saturated rings. The summed E-state index contributed by atoms with van der Waals surface area (Å²) in [6.07, 6.45) is 2.59. The van der Waals surface area contributed by atoms with Gasteiger partial charge in [0.05, 0.1) is 47.1 Å². The van der Waals surface area contributed by atoms with Crippen molar-refractivity contribution in [1.29, 1.82) is 5.26 Å². The predicted octanol–water partition coefficient (Wildman–Crippen LogP) is 4.30. The van der Waals surface area contributed by atoms with Crippen LogP contribution in [0.4, 0.5) is 5.69 Å². The van der Waals surface area contributed by atoms with Gasteiger partial charge >= 0.3 is 11.9 Å². The summed E-state index contributed by atoms with van der Waals surface area (Å²) < 4.78 is 10.6. The van der Waals surface area contributed by atoms with Crippen LogP contribution in [0.5, 0.6) is 0 Å². The first-order valence-corrected chi connectivity index (χ1v) is 15.2. The second-order valence-corrected chi connectivity index (χ2v) is 11.4. The molecular formula is C34H39N5O7. The van der Waals surface area contributed by atoms with Gasteiger partial charge in [-0.15, -0.1) is 0 Å². The summed E-state index contributed by atoms with van der Waals surface area (Å²) in [7, 11) is 1.42. The maximum absolute atomic E-state index is 13.3. The zero-order valence-electron chi connectivity index (χ0n) is 26.4. The predicted molar refractivity (Wildman–Crippen MR) is 169 cm³/mol. The zero-order valence-corrected chi connectivity index (χ0v) is 26.4. The van der Waals surface area contributed by atoms with Crippen molar-refractivity contribution in [2.45, 2.75) is 50.9 Å². The van der Waals surface area contributed by atoms with Crippen LogP contribution in [0.1, 0.15) is 56.6 Å². The molecule has 4 rings (SSSR count). The van der Waals surface area contributed by atoms with Gasteiger partial charge in [0.25, 0.3) is 5.69 Å². The largest absolute Gasteiger partial charge is 0.468 e. The third-order valence-electron chi connectivity index (χ3n) is 8.75. The Balaban J connectivity index is 1.52. The number of rotatable bonds is 13. The van der Waals surface area contributed by atoms with Crippen LogP contribution in [-0.2, 0) is 29.3 Å². The number of dihydropyridines is 1. The van der Waals surface area contributed by atoms with Gasteiger partial charge in [-0.25, -0.2) is 4.79 Å². The molecule has 0 bridgehead atoms. The van der Waals surface area contributed by atoms with Crippen LogP contribution in [0.2, 0.25) is 0 Å². The Morgan fingerprint density at radius 3 is 2.39 bits per heavy atom. The van der Waals surface area contributed by atoms with Gasteiger partial charge in [-0.05, 0) is 63.9 Å². The number of nitro groups is 1. The highest BCUT2D eigenvalue weighted by atomic mass is 16.6. The smallest absolute Gasteiger partial charge is 0.336 e. The number of piperidine rings is 1. The van der Waals surface area contributed by atoms with E-state index in [1.807, 2.05) is 43.3 Å². The molecule has 1 saturated heterocycles. The van der Waals surface area contributed by atoms with Gasteiger partial charge in [-0.3, -0.25) is 19.7 Å². The van der Waals surface area contributed by atoms with Gasteiger partial charge in [0, 0.05) is 30.1 Å². The third kappa shape index (κ3) is 7.26. The van der Waals surface area contributed by atoms with Crippen LogP contribution in [0.3, 0.4) is 0 Å². The van der Waals surface area contributed by atoms with E-state index in [0.717, 1.165) is 12.0 Å². The number of hydrogen-bond acceptors (Lipinski definition) is 10. The Hall–Kier alpha value is -5.02. The lowest BCUT2D eigenvalue weighted by Gasteiger charge is -2.40. The van der Waals surface area contributed by atoms with Gasteiger partial charge in [0.1, 0.15) is 6.61 Å². The molecule has 2 aliphatic heterocycles. The molecule has 46 heavy (non-hydrogen) atoms. The van der Waals surface area contributed by atoms with E-state index in [9.17, 15) is 24.5 Å². The molecule has 0 aromatic heterocycles. The number of likely N-dealkylation sites (tertiary alicyclic amines) is 1. The van der Waals surface area contributed by atoms with Crippen molar-refractivity contribution in [3.8, 4) is 6.07 Å². The highest BCUT2D eigenvalue weighted by Gasteiger charge is 2.44. The standard InChI is InChI=1S/C34H39N5O7/c1-24-29(32(41)46-22-7-17-35)30(26-11-13-28(14-12-26)39(43)44)31(25(2)36-24)38(23-40)19-8-18-37-20-15-34(16-21-37,33(42)45-3)27-9-5-4-6-10-27/h4-6,9-14,23,30,36H,7-8,15-16,18-22H2,1-3H3. The number of allylic oxidation sites excluding steroid dienone is 3. The number of carbonyl (C=O) groups excluding carboxylic acids is 3. The fourth-order valence-corrected chi connectivity index (χ4v) is 6.43. The minimum absolute atomic E-state index is 0.0263. The van der Waals surface area contributed by atoms with E-state index >= 15 is 0 Å². The fraction of sp³-hybridized carbons (Fsp3) is 0.412. The molecule has 242 valence electrons. The lowest BCUT2D eigenvalue weighted by atomic mass is 9.72. The molecule has 1 amide bonds. The molecule has 0 radical (unpaired) electrons. The van der Waals surface area contributed by atoms with Crippen LogP contribution in [0.15, 0.2) is 77.3 Å². The molecule has 1 N–H and O–H groups in total. The molecule has 2 aliphatic rings. The van der Waals surface area contributed by atoms with E-state index < -0.39 is 22.2 Å². The molecule has 1 unspecified atom stereocenters. The average Bonchev–Trinajstić information content (AvgIpc) is 3.07. The van der Waals surface area contributed by atoms with Crippen LogP contribution in [0.25, 0.3) is 0 Å². The number of hydrogen-bond donors (Lipinski definition) is 1. The van der Waals surface area contributed by atoms with Crippen molar-refractivity contribution < 1.29 is 28.8 Å². The fourth-order valence-electron chi connectivity index (χ4n) is 6.43. The first-order valence-electron chi connectivity index (χ1n) is 15.2. The van der Waals surface area contributed by atoms with Gasteiger partial charge in [0.2, 0.25) is 6.41 Å². The summed E-state index contributed by atoms with van der Waals surface area (Å²) in [4.78, 5) is 53.6. The minimum Gasteiger partial charge on any atom is -0.468 e. The summed E-state index contributed by atoms with van der Waals surface area (Å²) in [5.41, 5.74) is 2.71. The molecule has 0 aliphatic carbocycles. The molecule has 0 spiro atoms. The van der Waals surface area contributed by atoms with Crippen LogP contribution in [0, 0.1) is 21.4 Å². The summed E-state index contributed by atoms with van der Waals surface area (Å²) in [5.74, 6) is -1.62. The molecule has 12 heteroatoms. The van der Waals surface area contributed by atoms with Gasteiger partial charge in [-0.2, -0.15) is 5.26 Å². The van der Waals surface area contributed by atoms with Crippen molar-refractivity contribution in [2.24, 2.45) is 0 Å². The summed E-state index contributed by atoms with van der Waals surface area (Å²) in [6, 6.07) is 17.5. The monoisotopic (exact) mass is 629 g/mol. The van der Waals surface area contributed by atoms with E-state index in [4.69, 9.17) is 14.7 Å². The Labute approximate surface area is 268 Å². The van der Waals surface area contributed by atoms with Crippen LogP contribution >= 0.6 is 0 Å². The van der Waals surface area contributed by atoms with Gasteiger partial charge in [-0.1, -0.05) is 42.5 Å². The van der Waals surface area contributed by atoms with Crippen molar-refractivity contribution in [3.63, 3.8) is 0 Å². The van der Waals surface area contributed by atoms with Crippen molar-refractivity contribution in [3.05, 3.63) is 98.5 Å². The number of nitriles is 1. The summed E-state index contributed by atoms with van der Waals surface area (Å²) in [5, 5.41) is 23.5. The SMILES string of the molecule is COC(=O)C1(c2ccccc2)CCN(CCCN(C=O)C2=C(C)NC(C)=C(C(=O)OCCC#N)C2c2ccc([N+](=O)[O-])cc2)CC1. The second-order valence-electron chi connectivity index (χ2n) is 11.4. The third-order valence-corrected chi connectivity index (χ3v) is 8.75. The number of carbonyl (C=O) groups is 3. The lowest BCUT2D eigenvalue weighted by molar-refractivity contribution is -0.384. The van der Waals surface area contributed by atoms with Gasteiger partial charge < -0.3 is 24.6 Å². The number of methoxy groups -OCH3 is 1. The van der Waals surface area contributed by atoms with Crippen molar-refractivity contribution in [2.75, 3.05) is 39.9 Å². The number of nitrogens with one attached hydrogen (secondary N) is 1. The number of benzene rings is 2. The Morgan fingerprint density at radius 2 is 1.80 bits per heavy atom. The maximum atomic E-state index is 13.3. The van der Waals surface area contributed by atoms with Crippen LogP contribution < -0.4 is 5.32 Å². The van der Waals surface area contributed by atoms with E-state index in [2.05, 4.69) is 10.2 Å². The first-order chi connectivity index (χ1) is 22.2. The number of esters is 2. The number of ether oxygens (including phenoxy) is 2. The van der Waals surface area contributed by atoms with E-state index in [-0.39, 0.29) is 30.3 Å². The number of non-ortho nitro benzene ring substituents is 1. The number of nitrogens with zero attached hydrogens (tertiary/aromatic N) is 4. The highest BCUT2D eigenvalue weighted by Crippen LogP contribution is 2.41. The van der Waals surface area contributed by atoms with Crippen LogP contribution in [-0.4, -0.2) is 73.0 Å². The molecular weight excluding hydrogens is 590 g/mol. The molecule has 2 aromatic carbocycles. The number of nitro benzene ring substituents is 1. The Kier molecular flexibility index (Phi) is 11.3. The first kappa shape index (κ1) is 33.9. The topological polar surface area (TPSA) is 155 Å². The quantitative estimate of drug-likeness (QED) is 0.111. The van der Waals surface area contributed by atoms with E-state index in [0.29, 0.717) is 68.1 Å². The van der Waals surface area contributed by atoms with Gasteiger partial charge in [0.15, 0.2) is 0 Å². The zero-order chi connectivity index (χ0) is 33.3. The molecule has 1 atom stereocenters.